The minimum atomic E-state index is -4.71. The summed E-state index contributed by atoms with van der Waals surface area (Å²) in [6.45, 7) is 6.66. The molecule has 0 aromatic rings. The van der Waals surface area contributed by atoms with E-state index >= 15 is 0 Å². The van der Waals surface area contributed by atoms with Crippen molar-refractivity contribution in [3.63, 3.8) is 0 Å². The molecule has 77 heavy (non-hydrogen) atoms. The molecule has 0 spiro atoms. The molecule has 10 heteroatoms. The maximum Gasteiger partial charge on any atom is 0.306 e. The summed E-state index contributed by atoms with van der Waals surface area (Å²) in [7, 11) is 1.15. The lowest BCUT2D eigenvalue weighted by atomic mass is 10.1. The quantitative estimate of drug-likeness (QED) is 0.0161. The van der Waals surface area contributed by atoms with Gasteiger partial charge in [-0.15, -0.1) is 0 Å². The molecule has 3 atom stereocenters. The number of ether oxygens (including phenoxy) is 1. The third-order valence-corrected chi connectivity index (χ3v) is 14.2. The summed E-state index contributed by atoms with van der Waals surface area (Å²) in [6, 6.07) is -0.908. The van der Waals surface area contributed by atoms with Crippen molar-refractivity contribution in [2.45, 2.75) is 264 Å². The van der Waals surface area contributed by atoms with Crippen molar-refractivity contribution in [3.8, 4) is 0 Å². The molecule has 0 rings (SSSR count). The first kappa shape index (κ1) is 73.7. The third kappa shape index (κ3) is 57.2. The Hall–Kier alpha value is -3.33. The van der Waals surface area contributed by atoms with E-state index in [4.69, 9.17) is 13.8 Å². The standard InChI is InChI=1S/C67H117N2O7P/c1-7-10-13-16-19-22-25-27-29-30-31-32-33-34-35-36-37-38-40-41-44-47-50-53-56-59-66(70)68-64(63-75-77(72,73)74-62-61-69(4,5)6)65(58-55-52-49-46-43-24-21-18-15-12-9-3)76-67(71)60-57-54-51-48-45-42-39-28-26-23-20-17-14-11-8-2/h10,13,19-20,22-23,26-29,31-32,34-35,37-38,55,58,64-65H,7-9,11-12,14-18,21,24-25,30,33,36,39-54,56-57,59-63H2,1-6H3,(H-,68,70,72,73)/b13-10-,22-19-,23-20+,28-26+,29-27-,32-31-,35-34-,38-37-,58-55-. The van der Waals surface area contributed by atoms with Crippen LogP contribution in [0.5, 0.6) is 0 Å². The van der Waals surface area contributed by atoms with E-state index in [9.17, 15) is 19.0 Å². The molecule has 0 saturated carbocycles. The number of phosphoric acid groups is 1. The fourth-order valence-corrected chi connectivity index (χ4v) is 9.12. The van der Waals surface area contributed by atoms with Crippen LogP contribution in [0.3, 0.4) is 0 Å². The van der Waals surface area contributed by atoms with Gasteiger partial charge in [-0.25, -0.2) is 0 Å². The van der Waals surface area contributed by atoms with Crippen molar-refractivity contribution in [2.75, 3.05) is 40.9 Å². The molecule has 3 unspecified atom stereocenters. The Labute approximate surface area is 474 Å². The average molecular weight is 1090 g/mol. The fraction of sp³-hybridized carbons (Fsp3) is 0.701. The summed E-state index contributed by atoms with van der Waals surface area (Å²) in [5, 5.41) is 3.01. The molecule has 0 aliphatic heterocycles. The first-order valence-electron chi connectivity index (χ1n) is 31.2. The van der Waals surface area contributed by atoms with E-state index in [2.05, 4.69) is 123 Å². The van der Waals surface area contributed by atoms with Crippen LogP contribution >= 0.6 is 7.82 Å². The zero-order valence-electron chi connectivity index (χ0n) is 50.4. The second kappa shape index (κ2) is 56.0. The zero-order valence-corrected chi connectivity index (χ0v) is 51.3. The van der Waals surface area contributed by atoms with Crippen LogP contribution in [0.1, 0.15) is 252 Å². The Morgan fingerprint density at radius 2 is 0.870 bits per heavy atom. The molecule has 1 N–H and O–H groups in total. The van der Waals surface area contributed by atoms with Gasteiger partial charge in [0, 0.05) is 12.8 Å². The molecule has 0 radical (unpaired) electrons. The van der Waals surface area contributed by atoms with Crippen molar-refractivity contribution >= 4 is 19.7 Å². The maximum atomic E-state index is 13.5. The number of hydrogen-bond acceptors (Lipinski definition) is 7. The van der Waals surface area contributed by atoms with E-state index in [1.54, 1.807) is 0 Å². The highest BCUT2D eigenvalue weighted by atomic mass is 31.2. The van der Waals surface area contributed by atoms with Crippen molar-refractivity contribution in [1.82, 2.24) is 5.32 Å². The van der Waals surface area contributed by atoms with Gasteiger partial charge in [0.1, 0.15) is 19.3 Å². The SMILES string of the molecule is CC/C=C\C/C=C\C/C=C\C/C=C\C/C=C\C/C=C\CCCCCCCCC(=O)NC(COP(=O)([O-])OCC[N+](C)(C)C)C(/C=C\CCCCCCCCCCC)OC(=O)CCCCCCCC/C=C/C=C/CCCCC. The summed E-state index contributed by atoms with van der Waals surface area (Å²) in [4.78, 5) is 40.0. The summed E-state index contributed by atoms with van der Waals surface area (Å²) in [5.74, 6) is -0.578. The van der Waals surface area contributed by atoms with Crippen LogP contribution < -0.4 is 10.2 Å². The first-order valence-corrected chi connectivity index (χ1v) is 32.7. The van der Waals surface area contributed by atoms with Gasteiger partial charge in [-0.1, -0.05) is 240 Å². The molecule has 9 nitrogen and oxygen atoms in total. The lowest BCUT2D eigenvalue weighted by Crippen LogP contribution is -2.47. The van der Waals surface area contributed by atoms with Gasteiger partial charge in [0.15, 0.2) is 0 Å². The highest BCUT2D eigenvalue weighted by Gasteiger charge is 2.27. The lowest BCUT2D eigenvalue weighted by molar-refractivity contribution is -0.870. The van der Waals surface area contributed by atoms with Gasteiger partial charge in [-0.05, 0) is 109 Å². The molecule has 0 fully saturated rings. The van der Waals surface area contributed by atoms with Crippen LogP contribution in [0.25, 0.3) is 0 Å². The Balaban J connectivity index is 5.21. The van der Waals surface area contributed by atoms with Crippen molar-refractivity contribution in [2.24, 2.45) is 0 Å². The molecule has 0 aromatic carbocycles. The van der Waals surface area contributed by atoms with Crippen LogP contribution in [0.15, 0.2) is 109 Å². The predicted octanol–water partition coefficient (Wildman–Crippen LogP) is 18.7. The number of esters is 1. The molecule has 0 bridgehead atoms. The van der Waals surface area contributed by atoms with Gasteiger partial charge < -0.3 is 28.5 Å². The van der Waals surface area contributed by atoms with Crippen LogP contribution in [-0.2, 0) is 27.9 Å². The number of carbonyl (C=O) groups is 2. The second-order valence-corrected chi connectivity index (χ2v) is 23.3. The minimum absolute atomic E-state index is 0.0330. The van der Waals surface area contributed by atoms with Gasteiger partial charge in [-0.3, -0.25) is 14.2 Å². The number of allylic oxidation sites excluding steroid dienone is 17. The molecule has 0 aliphatic carbocycles. The average Bonchev–Trinajstić information content (AvgIpc) is 3.39. The number of phosphoric ester groups is 1. The Bertz CT molecular complexity index is 1690. The number of carbonyl (C=O) groups excluding carboxylic acids is 2. The Morgan fingerprint density at radius 1 is 0.481 bits per heavy atom. The van der Waals surface area contributed by atoms with Gasteiger partial charge in [0.25, 0.3) is 7.82 Å². The molecule has 0 aliphatic rings. The number of likely N-dealkylation sites (N-methyl/N-ethyl adjacent to an activating group) is 1. The number of nitrogens with one attached hydrogen (secondary N) is 1. The summed E-state index contributed by atoms with van der Waals surface area (Å²) >= 11 is 0. The Kier molecular flexibility index (Phi) is 53.5. The number of quaternary nitrogens is 1. The molecule has 0 aromatic heterocycles. The van der Waals surface area contributed by atoms with E-state index in [1.165, 1.54) is 64.2 Å². The summed E-state index contributed by atoms with van der Waals surface area (Å²) in [5.41, 5.74) is 0. The van der Waals surface area contributed by atoms with Crippen LogP contribution in [-0.4, -0.2) is 69.4 Å². The maximum absolute atomic E-state index is 13.5. The molecular weight excluding hydrogens is 976 g/mol. The van der Waals surface area contributed by atoms with Crippen LogP contribution in [0.2, 0.25) is 0 Å². The van der Waals surface area contributed by atoms with Gasteiger partial charge in [-0.2, -0.15) is 0 Å². The van der Waals surface area contributed by atoms with E-state index < -0.39 is 26.6 Å². The summed E-state index contributed by atoms with van der Waals surface area (Å²) in [6.07, 6.45) is 76.2. The van der Waals surface area contributed by atoms with E-state index in [0.717, 1.165) is 141 Å². The smallest absolute Gasteiger partial charge is 0.306 e. The second-order valence-electron chi connectivity index (χ2n) is 21.9. The zero-order chi connectivity index (χ0) is 56.4. The van der Waals surface area contributed by atoms with Crippen LogP contribution in [0, 0.1) is 0 Å². The topological polar surface area (TPSA) is 114 Å². The first-order chi connectivity index (χ1) is 37.4. The number of nitrogens with zero attached hydrogens (tertiary/aromatic N) is 1. The van der Waals surface area contributed by atoms with Crippen LogP contribution in [0.4, 0.5) is 0 Å². The largest absolute Gasteiger partial charge is 0.756 e. The predicted molar refractivity (Wildman–Crippen MR) is 330 cm³/mol. The van der Waals surface area contributed by atoms with E-state index in [-0.39, 0.29) is 24.9 Å². The number of amides is 1. The number of hydrogen-bond donors (Lipinski definition) is 1. The summed E-state index contributed by atoms with van der Waals surface area (Å²) < 4.78 is 30.3. The molecule has 1 amide bonds. The molecule has 0 heterocycles. The molecule has 0 saturated heterocycles. The normalized spacial score (nSPS) is 14.4. The Morgan fingerprint density at radius 3 is 1.35 bits per heavy atom. The monoisotopic (exact) mass is 1090 g/mol. The van der Waals surface area contributed by atoms with Gasteiger partial charge >= 0.3 is 5.97 Å². The van der Waals surface area contributed by atoms with E-state index in [1.807, 2.05) is 33.3 Å². The minimum Gasteiger partial charge on any atom is -0.756 e. The number of rotatable bonds is 55. The number of unbranched alkanes of at least 4 members (excludes halogenated alkanes) is 24. The molecule has 442 valence electrons. The third-order valence-electron chi connectivity index (χ3n) is 13.2. The van der Waals surface area contributed by atoms with Crippen molar-refractivity contribution in [3.05, 3.63) is 109 Å². The fourth-order valence-electron chi connectivity index (χ4n) is 8.40. The highest BCUT2D eigenvalue weighted by Crippen LogP contribution is 2.38. The van der Waals surface area contributed by atoms with Crippen molar-refractivity contribution in [1.29, 1.82) is 0 Å². The van der Waals surface area contributed by atoms with Gasteiger partial charge in [0.2, 0.25) is 5.91 Å². The van der Waals surface area contributed by atoms with Crippen molar-refractivity contribution < 1.29 is 37.3 Å². The lowest BCUT2D eigenvalue weighted by Gasteiger charge is -2.30. The van der Waals surface area contributed by atoms with E-state index in [0.29, 0.717) is 30.3 Å². The molecular formula is C67H117N2O7P. The highest BCUT2D eigenvalue weighted by molar-refractivity contribution is 7.45. The van der Waals surface area contributed by atoms with Gasteiger partial charge in [0.05, 0.1) is 33.8 Å².